The summed E-state index contributed by atoms with van der Waals surface area (Å²) in [4.78, 5) is 0. The standard InChI is InChI=1S/C15H27/c1-2-3-4-5-6-7-8-9-12-15-13-10-11-14-15/h13H,1-12,14H2. The Morgan fingerprint density at radius 3 is 2.20 bits per heavy atom. The molecular formula is C15H27. The van der Waals surface area contributed by atoms with Crippen LogP contribution in [0.25, 0.3) is 0 Å². The average Bonchev–Trinajstić information content (AvgIpc) is 2.75. The highest BCUT2D eigenvalue weighted by atomic mass is 14.1. The van der Waals surface area contributed by atoms with Gasteiger partial charge in [-0.15, -0.1) is 0 Å². The van der Waals surface area contributed by atoms with Crippen LogP contribution >= 0.6 is 0 Å². The highest BCUT2D eigenvalue weighted by Crippen LogP contribution is 2.23. The van der Waals surface area contributed by atoms with E-state index in [0.717, 1.165) is 6.42 Å². The normalized spacial score (nSPS) is 15.7. The van der Waals surface area contributed by atoms with Crippen LogP contribution in [0.1, 0.15) is 77.0 Å². The first-order valence-electron chi connectivity index (χ1n) is 6.90. The smallest absolute Gasteiger partial charge is 0.0317 e. The molecular weight excluding hydrogens is 180 g/mol. The van der Waals surface area contributed by atoms with Gasteiger partial charge in [0.2, 0.25) is 0 Å². The van der Waals surface area contributed by atoms with E-state index in [-0.39, 0.29) is 0 Å². The predicted octanol–water partition coefficient (Wildman–Crippen LogP) is 5.44. The lowest BCUT2D eigenvalue weighted by Gasteiger charge is -2.02. The first-order chi connectivity index (χ1) is 7.43. The number of rotatable bonds is 9. The summed E-state index contributed by atoms with van der Waals surface area (Å²) in [6.07, 6.45) is 19.1. The molecule has 1 aliphatic carbocycles. The van der Waals surface area contributed by atoms with Gasteiger partial charge in [-0.05, 0) is 32.1 Å². The van der Waals surface area contributed by atoms with Gasteiger partial charge in [0.25, 0.3) is 0 Å². The second-order valence-corrected chi connectivity index (χ2v) is 4.83. The molecule has 0 aromatic carbocycles. The molecule has 0 N–H and O–H groups in total. The van der Waals surface area contributed by atoms with Gasteiger partial charge in [0.05, 0.1) is 0 Å². The van der Waals surface area contributed by atoms with Crippen molar-refractivity contribution in [1.29, 1.82) is 0 Å². The zero-order chi connectivity index (χ0) is 10.8. The molecule has 0 fully saturated rings. The van der Waals surface area contributed by atoms with Gasteiger partial charge < -0.3 is 0 Å². The van der Waals surface area contributed by atoms with Crippen molar-refractivity contribution in [2.75, 3.05) is 0 Å². The number of hydrogen-bond acceptors (Lipinski definition) is 0. The van der Waals surface area contributed by atoms with Crippen LogP contribution in [-0.4, -0.2) is 0 Å². The molecule has 0 bridgehead atoms. The van der Waals surface area contributed by atoms with Crippen molar-refractivity contribution in [3.8, 4) is 0 Å². The van der Waals surface area contributed by atoms with Crippen molar-refractivity contribution >= 4 is 0 Å². The molecule has 0 amide bonds. The largest absolute Gasteiger partial charge is 0.0853 e. The van der Waals surface area contributed by atoms with Crippen molar-refractivity contribution in [3.05, 3.63) is 18.6 Å². The topological polar surface area (TPSA) is 0 Å². The highest BCUT2D eigenvalue weighted by molar-refractivity contribution is 5.06. The number of allylic oxidation sites excluding steroid dienone is 2. The predicted molar refractivity (Wildman–Crippen MR) is 68.8 cm³/mol. The SMILES string of the molecule is [CH2]CCCCCCCCCC1=CCCC1. The second-order valence-electron chi connectivity index (χ2n) is 4.83. The van der Waals surface area contributed by atoms with Gasteiger partial charge in [-0.25, -0.2) is 0 Å². The van der Waals surface area contributed by atoms with E-state index in [1.165, 1.54) is 70.6 Å². The maximum absolute atomic E-state index is 3.87. The summed E-state index contributed by atoms with van der Waals surface area (Å²) >= 11 is 0. The third-order valence-corrected chi connectivity index (χ3v) is 3.38. The zero-order valence-electron chi connectivity index (χ0n) is 10.3. The number of hydrogen-bond donors (Lipinski definition) is 0. The molecule has 87 valence electrons. The van der Waals surface area contributed by atoms with Gasteiger partial charge in [-0.1, -0.05) is 63.5 Å². The van der Waals surface area contributed by atoms with Gasteiger partial charge in [0, 0.05) is 0 Å². The minimum absolute atomic E-state index is 1.12. The summed E-state index contributed by atoms with van der Waals surface area (Å²) in [7, 11) is 0. The van der Waals surface area contributed by atoms with Crippen LogP contribution in [0, 0.1) is 6.92 Å². The lowest BCUT2D eigenvalue weighted by Crippen LogP contribution is -1.83. The molecule has 1 radical (unpaired) electrons. The lowest BCUT2D eigenvalue weighted by atomic mass is 10.0. The average molecular weight is 207 g/mol. The van der Waals surface area contributed by atoms with Gasteiger partial charge in [0.15, 0.2) is 0 Å². The molecule has 1 rings (SSSR count). The summed E-state index contributed by atoms with van der Waals surface area (Å²) in [6.45, 7) is 3.87. The third kappa shape index (κ3) is 6.76. The molecule has 0 aromatic rings. The Kier molecular flexibility index (Phi) is 7.69. The molecule has 0 heterocycles. The first kappa shape index (κ1) is 12.8. The fraction of sp³-hybridized carbons (Fsp3) is 0.800. The van der Waals surface area contributed by atoms with Crippen molar-refractivity contribution in [3.63, 3.8) is 0 Å². The molecule has 0 saturated carbocycles. The maximum Gasteiger partial charge on any atom is -0.0317 e. The minimum Gasteiger partial charge on any atom is -0.0853 e. The molecule has 0 saturated heterocycles. The summed E-state index contributed by atoms with van der Waals surface area (Å²) in [5.74, 6) is 0. The Morgan fingerprint density at radius 2 is 1.60 bits per heavy atom. The van der Waals surface area contributed by atoms with E-state index >= 15 is 0 Å². The summed E-state index contributed by atoms with van der Waals surface area (Å²) < 4.78 is 0. The van der Waals surface area contributed by atoms with E-state index in [4.69, 9.17) is 0 Å². The Bertz CT molecular complexity index is 167. The van der Waals surface area contributed by atoms with E-state index in [2.05, 4.69) is 13.0 Å². The zero-order valence-corrected chi connectivity index (χ0v) is 10.3. The molecule has 0 aromatic heterocycles. The van der Waals surface area contributed by atoms with Crippen LogP contribution in [0.15, 0.2) is 11.6 Å². The van der Waals surface area contributed by atoms with Crippen molar-refractivity contribution in [2.45, 2.75) is 77.0 Å². The van der Waals surface area contributed by atoms with Crippen LogP contribution in [0.3, 0.4) is 0 Å². The van der Waals surface area contributed by atoms with Crippen LogP contribution in [0.2, 0.25) is 0 Å². The monoisotopic (exact) mass is 207 g/mol. The van der Waals surface area contributed by atoms with Crippen molar-refractivity contribution < 1.29 is 0 Å². The van der Waals surface area contributed by atoms with E-state index in [1.54, 1.807) is 5.57 Å². The second kappa shape index (κ2) is 9.00. The summed E-state index contributed by atoms with van der Waals surface area (Å²) in [6, 6.07) is 0. The van der Waals surface area contributed by atoms with Crippen LogP contribution in [0.5, 0.6) is 0 Å². The molecule has 0 nitrogen and oxygen atoms in total. The van der Waals surface area contributed by atoms with E-state index in [9.17, 15) is 0 Å². The van der Waals surface area contributed by atoms with E-state index < -0.39 is 0 Å². The van der Waals surface area contributed by atoms with Crippen molar-refractivity contribution in [2.24, 2.45) is 0 Å². The summed E-state index contributed by atoms with van der Waals surface area (Å²) in [5.41, 5.74) is 1.74. The molecule has 0 aliphatic heterocycles. The van der Waals surface area contributed by atoms with Gasteiger partial charge >= 0.3 is 0 Å². The van der Waals surface area contributed by atoms with E-state index in [1.807, 2.05) is 0 Å². The quantitative estimate of drug-likeness (QED) is 0.349. The van der Waals surface area contributed by atoms with E-state index in [0.29, 0.717) is 0 Å². The molecule has 0 heteroatoms. The van der Waals surface area contributed by atoms with Crippen LogP contribution < -0.4 is 0 Å². The molecule has 15 heavy (non-hydrogen) atoms. The Hall–Kier alpha value is -0.260. The fourth-order valence-electron chi connectivity index (χ4n) is 2.38. The highest BCUT2D eigenvalue weighted by Gasteiger charge is 2.03. The third-order valence-electron chi connectivity index (χ3n) is 3.38. The Labute approximate surface area is 96.2 Å². The Balaban J connectivity index is 1.77. The molecule has 0 unspecified atom stereocenters. The van der Waals surface area contributed by atoms with Gasteiger partial charge in [0.1, 0.15) is 0 Å². The van der Waals surface area contributed by atoms with Crippen LogP contribution in [0.4, 0.5) is 0 Å². The summed E-state index contributed by atoms with van der Waals surface area (Å²) in [5, 5.41) is 0. The number of unbranched alkanes of at least 4 members (excludes halogenated alkanes) is 7. The lowest BCUT2D eigenvalue weighted by molar-refractivity contribution is 0.578. The fourth-order valence-corrected chi connectivity index (χ4v) is 2.38. The van der Waals surface area contributed by atoms with Gasteiger partial charge in [-0.2, -0.15) is 0 Å². The Morgan fingerprint density at radius 1 is 0.933 bits per heavy atom. The minimum atomic E-state index is 1.12. The van der Waals surface area contributed by atoms with Crippen molar-refractivity contribution in [1.82, 2.24) is 0 Å². The van der Waals surface area contributed by atoms with Crippen LogP contribution in [-0.2, 0) is 0 Å². The molecule has 0 atom stereocenters. The van der Waals surface area contributed by atoms with Gasteiger partial charge in [-0.3, -0.25) is 0 Å². The molecule has 1 aliphatic rings. The molecule has 0 spiro atoms. The first-order valence-corrected chi connectivity index (χ1v) is 6.90. The maximum atomic E-state index is 3.87.